The molecule has 0 saturated carbocycles. The van der Waals surface area contributed by atoms with Gasteiger partial charge in [0.15, 0.2) is 0 Å². The highest BCUT2D eigenvalue weighted by Crippen LogP contribution is 2.36. The third-order valence-electron chi connectivity index (χ3n) is 7.48. The normalized spacial score (nSPS) is 13.0. The van der Waals surface area contributed by atoms with Gasteiger partial charge in [-0.15, -0.1) is 0 Å². The molecule has 0 aliphatic rings. The molecule has 3 nitrogen and oxygen atoms in total. The van der Waals surface area contributed by atoms with E-state index in [-0.39, 0.29) is 10.8 Å². The van der Waals surface area contributed by atoms with E-state index in [0.29, 0.717) is 7.48 Å². The molecule has 198 valence electrons. The van der Waals surface area contributed by atoms with Gasteiger partial charge >= 0.3 is 7.48 Å². The first-order valence-electron chi connectivity index (χ1n) is 13.2. The number of methoxy groups -OCH3 is 1. The van der Waals surface area contributed by atoms with Gasteiger partial charge in [0.05, 0.1) is 18.3 Å². The van der Waals surface area contributed by atoms with Gasteiger partial charge in [-0.1, -0.05) is 95.5 Å². The molecular formula is C33H45BO3. The van der Waals surface area contributed by atoms with Crippen LogP contribution in [0, 0.1) is 0 Å². The molecule has 3 rings (SSSR count). The summed E-state index contributed by atoms with van der Waals surface area (Å²) in [5.41, 5.74) is 6.50. The SMILES string of the molecule is COc1ccccc1-c1cc(BOC(C)(C)C(C)(C)O)cc(-c2cc(C(C)(C)C)cc(C(C)(C)C)c2)c1. The van der Waals surface area contributed by atoms with Crippen LogP contribution >= 0.6 is 0 Å². The van der Waals surface area contributed by atoms with Crippen LogP contribution in [0.4, 0.5) is 0 Å². The first-order valence-corrected chi connectivity index (χ1v) is 13.2. The fourth-order valence-electron chi connectivity index (χ4n) is 4.08. The molecule has 0 saturated heterocycles. The summed E-state index contributed by atoms with van der Waals surface area (Å²) in [5, 5.41) is 10.6. The molecule has 0 aliphatic heterocycles. The van der Waals surface area contributed by atoms with Gasteiger partial charge in [0.25, 0.3) is 0 Å². The van der Waals surface area contributed by atoms with E-state index in [9.17, 15) is 5.11 Å². The predicted molar refractivity (Wildman–Crippen MR) is 160 cm³/mol. The Kier molecular flexibility index (Phi) is 8.08. The number of aliphatic hydroxyl groups is 1. The number of benzene rings is 3. The molecule has 0 heterocycles. The molecule has 0 bridgehead atoms. The number of hydrogen-bond donors (Lipinski definition) is 1. The molecule has 0 fully saturated rings. The fourth-order valence-corrected chi connectivity index (χ4v) is 4.08. The quantitative estimate of drug-likeness (QED) is 0.350. The Balaban J connectivity index is 2.23. The maximum atomic E-state index is 10.6. The molecular weight excluding hydrogens is 455 g/mol. The van der Waals surface area contributed by atoms with E-state index in [1.165, 1.54) is 16.7 Å². The first kappa shape index (κ1) is 29.0. The van der Waals surface area contributed by atoms with E-state index in [1.54, 1.807) is 21.0 Å². The minimum Gasteiger partial charge on any atom is -0.496 e. The van der Waals surface area contributed by atoms with Gasteiger partial charge in [0, 0.05) is 5.56 Å². The summed E-state index contributed by atoms with van der Waals surface area (Å²) >= 11 is 0. The second kappa shape index (κ2) is 10.3. The van der Waals surface area contributed by atoms with E-state index in [2.05, 4.69) is 84.0 Å². The average molecular weight is 501 g/mol. The lowest BCUT2D eigenvalue weighted by atomic mass is 9.77. The molecule has 0 unspecified atom stereocenters. The smallest absolute Gasteiger partial charge is 0.309 e. The molecule has 1 N–H and O–H groups in total. The summed E-state index contributed by atoms with van der Waals surface area (Å²) < 4.78 is 12.0. The summed E-state index contributed by atoms with van der Waals surface area (Å²) in [6.07, 6.45) is 0. The number of rotatable bonds is 7. The average Bonchev–Trinajstić information content (AvgIpc) is 2.80. The highest BCUT2D eigenvalue weighted by atomic mass is 16.5. The molecule has 37 heavy (non-hydrogen) atoms. The Morgan fingerprint density at radius 3 is 1.68 bits per heavy atom. The van der Waals surface area contributed by atoms with Crippen LogP contribution in [0.3, 0.4) is 0 Å². The molecule has 0 atom stereocenters. The van der Waals surface area contributed by atoms with Crippen molar-refractivity contribution in [2.45, 2.75) is 91.3 Å². The van der Waals surface area contributed by atoms with Crippen molar-refractivity contribution in [3.63, 3.8) is 0 Å². The third-order valence-corrected chi connectivity index (χ3v) is 7.48. The lowest BCUT2D eigenvalue weighted by molar-refractivity contribution is -0.0893. The predicted octanol–water partition coefficient (Wildman–Crippen LogP) is 7.17. The van der Waals surface area contributed by atoms with Crippen LogP contribution in [0.2, 0.25) is 0 Å². The van der Waals surface area contributed by atoms with Crippen molar-refractivity contribution in [3.05, 3.63) is 71.8 Å². The van der Waals surface area contributed by atoms with Crippen molar-refractivity contribution in [1.82, 2.24) is 0 Å². The van der Waals surface area contributed by atoms with Crippen molar-refractivity contribution < 1.29 is 14.5 Å². The lowest BCUT2D eigenvalue weighted by Crippen LogP contribution is -2.49. The fraction of sp³-hybridized carbons (Fsp3) is 0.455. The van der Waals surface area contributed by atoms with Crippen LogP contribution in [0.25, 0.3) is 22.3 Å². The molecule has 0 spiro atoms. The zero-order valence-electron chi connectivity index (χ0n) is 24.7. The van der Waals surface area contributed by atoms with Gasteiger partial charge < -0.3 is 14.5 Å². The standard InChI is InChI=1S/C33H45BO3/c1-30(2,3)25-17-23(18-26(21-25)31(4,5)6)22-16-24(28-14-12-13-15-29(28)36-11)20-27(19-22)34-37-33(9,10)32(7,8)35/h12-21,34-35H,1-11H3. The molecule has 3 aromatic rings. The zero-order chi connectivity index (χ0) is 27.8. The second-order valence-corrected chi connectivity index (χ2v) is 13.3. The maximum Gasteiger partial charge on any atom is 0.309 e. The van der Waals surface area contributed by atoms with Crippen molar-refractivity contribution >= 4 is 12.9 Å². The van der Waals surface area contributed by atoms with Crippen molar-refractivity contribution in [2.24, 2.45) is 0 Å². The number of hydrogen-bond acceptors (Lipinski definition) is 3. The molecule has 4 heteroatoms. The van der Waals surface area contributed by atoms with Crippen molar-refractivity contribution in [2.75, 3.05) is 7.11 Å². The largest absolute Gasteiger partial charge is 0.496 e. The number of para-hydroxylation sites is 1. The second-order valence-electron chi connectivity index (χ2n) is 13.3. The van der Waals surface area contributed by atoms with Crippen LogP contribution < -0.4 is 10.2 Å². The molecule has 0 radical (unpaired) electrons. The summed E-state index contributed by atoms with van der Waals surface area (Å²) in [6.45, 7) is 21.0. The van der Waals surface area contributed by atoms with E-state index < -0.39 is 11.2 Å². The Bertz CT molecular complexity index is 1210. The van der Waals surface area contributed by atoms with Crippen LogP contribution in [-0.4, -0.2) is 30.9 Å². The van der Waals surface area contributed by atoms with Gasteiger partial charge in [-0.2, -0.15) is 0 Å². The van der Waals surface area contributed by atoms with Gasteiger partial charge in [0.1, 0.15) is 5.75 Å². The minimum atomic E-state index is -0.973. The summed E-state index contributed by atoms with van der Waals surface area (Å²) in [4.78, 5) is 0. The van der Waals surface area contributed by atoms with E-state index in [1.807, 2.05) is 32.0 Å². The molecule has 3 aromatic carbocycles. The van der Waals surface area contributed by atoms with E-state index >= 15 is 0 Å². The van der Waals surface area contributed by atoms with E-state index in [4.69, 9.17) is 9.39 Å². The number of ether oxygens (including phenoxy) is 1. The molecule has 0 amide bonds. The van der Waals surface area contributed by atoms with Gasteiger partial charge in [-0.25, -0.2) is 0 Å². The Labute approximate surface area is 225 Å². The topological polar surface area (TPSA) is 38.7 Å². The summed E-state index contributed by atoms with van der Waals surface area (Å²) in [5.74, 6) is 0.835. The third kappa shape index (κ3) is 6.86. The van der Waals surface area contributed by atoms with Crippen LogP contribution in [0.1, 0.15) is 80.4 Å². The van der Waals surface area contributed by atoms with Crippen molar-refractivity contribution in [1.29, 1.82) is 0 Å². The lowest BCUT2D eigenvalue weighted by Gasteiger charge is -2.37. The first-order chi connectivity index (χ1) is 16.9. The Morgan fingerprint density at radius 2 is 1.16 bits per heavy atom. The maximum absolute atomic E-state index is 10.6. The monoisotopic (exact) mass is 500 g/mol. The highest BCUT2D eigenvalue weighted by Gasteiger charge is 2.35. The van der Waals surface area contributed by atoms with Crippen molar-refractivity contribution in [3.8, 4) is 28.0 Å². The Hall–Kier alpha value is -2.56. The highest BCUT2D eigenvalue weighted by molar-refractivity contribution is 6.47. The zero-order valence-corrected chi connectivity index (χ0v) is 24.7. The van der Waals surface area contributed by atoms with Crippen LogP contribution in [-0.2, 0) is 15.5 Å². The van der Waals surface area contributed by atoms with Gasteiger partial charge in [0.2, 0.25) is 0 Å². The molecule has 0 aromatic heterocycles. The molecule has 0 aliphatic carbocycles. The minimum absolute atomic E-state index is 0.0267. The van der Waals surface area contributed by atoms with Crippen LogP contribution in [0.5, 0.6) is 5.75 Å². The summed E-state index contributed by atoms with van der Waals surface area (Å²) in [7, 11) is 2.10. The van der Waals surface area contributed by atoms with Gasteiger partial charge in [-0.3, -0.25) is 0 Å². The van der Waals surface area contributed by atoms with Gasteiger partial charge in [-0.05, 0) is 78.5 Å². The van der Waals surface area contributed by atoms with Crippen LogP contribution in [0.15, 0.2) is 60.7 Å². The van der Waals surface area contributed by atoms with E-state index in [0.717, 1.165) is 27.9 Å². The summed E-state index contributed by atoms with van der Waals surface area (Å²) in [6, 6.07) is 21.7. The Morgan fingerprint density at radius 1 is 0.649 bits per heavy atom.